The first-order valence-electron chi connectivity index (χ1n) is 5.34. The van der Waals surface area contributed by atoms with Crippen LogP contribution in [0.3, 0.4) is 0 Å². The van der Waals surface area contributed by atoms with E-state index < -0.39 is 6.10 Å². The molecule has 0 spiro atoms. The quantitative estimate of drug-likeness (QED) is 0.807. The van der Waals surface area contributed by atoms with Crippen molar-refractivity contribution in [2.24, 2.45) is 0 Å². The Morgan fingerprint density at radius 2 is 2.00 bits per heavy atom. The van der Waals surface area contributed by atoms with Gasteiger partial charge in [0, 0.05) is 9.35 Å². The van der Waals surface area contributed by atoms with Crippen molar-refractivity contribution in [1.82, 2.24) is 0 Å². The Morgan fingerprint density at radius 1 is 1.29 bits per heavy atom. The minimum Gasteiger partial charge on any atom is -0.383 e. The van der Waals surface area contributed by atoms with Gasteiger partial charge in [0.25, 0.3) is 0 Å². The second kappa shape index (κ2) is 5.65. The average molecular weight is 376 g/mol. The van der Waals surface area contributed by atoms with Gasteiger partial charge in [-0.1, -0.05) is 31.2 Å². The van der Waals surface area contributed by atoms with E-state index in [0.717, 1.165) is 25.1 Å². The second-order valence-electron chi connectivity index (χ2n) is 3.73. The minimum atomic E-state index is -0.543. The number of aliphatic hydroxyl groups excluding tert-OH is 1. The van der Waals surface area contributed by atoms with Crippen molar-refractivity contribution < 1.29 is 5.11 Å². The van der Waals surface area contributed by atoms with Crippen molar-refractivity contribution >= 4 is 43.2 Å². The highest BCUT2D eigenvalue weighted by atomic mass is 79.9. The van der Waals surface area contributed by atoms with Crippen LogP contribution < -0.4 is 0 Å². The lowest BCUT2D eigenvalue weighted by Gasteiger charge is -2.13. The third-order valence-corrected chi connectivity index (χ3v) is 5.97. The van der Waals surface area contributed by atoms with Gasteiger partial charge < -0.3 is 5.11 Å². The summed E-state index contributed by atoms with van der Waals surface area (Å²) in [4.78, 5) is 0.949. The first-order chi connectivity index (χ1) is 8.13. The molecule has 2 rings (SSSR count). The summed E-state index contributed by atoms with van der Waals surface area (Å²) < 4.78 is 2.01. The molecule has 17 heavy (non-hydrogen) atoms. The van der Waals surface area contributed by atoms with Crippen molar-refractivity contribution in [2.45, 2.75) is 19.4 Å². The molecule has 90 valence electrons. The van der Waals surface area contributed by atoms with E-state index in [4.69, 9.17) is 0 Å². The Labute approximate surface area is 122 Å². The third-order valence-electron chi connectivity index (χ3n) is 2.66. The highest BCUT2D eigenvalue weighted by molar-refractivity contribution is 9.13. The molecule has 0 fully saturated rings. The first-order valence-corrected chi connectivity index (χ1v) is 7.74. The summed E-state index contributed by atoms with van der Waals surface area (Å²) in [5.74, 6) is 0. The Hall–Kier alpha value is -0.160. The molecule has 0 amide bonds. The van der Waals surface area contributed by atoms with Crippen molar-refractivity contribution in [3.05, 3.63) is 54.6 Å². The van der Waals surface area contributed by atoms with E-state index in [9.17, 15) is 5.11 Å². The summed E-state index contributed by atoms with van der Waals surface area (Å²) in [5.41, 5.74) is 2.19. The van der Waals surface area contributed by atoms with Crippen LogP contribution in [0.25, 0.3) is 0 Å². The van der Waals surface area contributed by atoms with Gasteiger partial charge in [-0.15, -0.1) is 11.3 Å². The van der Waals surface area contributed by atoms with Crippen molar-refractivity contribution in [3.63, 3.8) is 0 Å². The van der Waals surface area contributed by atoms with Crippen LogP contribution in [0.1, 0.15) is 29.0 Å². The summed E-state index contributed by atoms with van der Waals surface area (Å²) in [6, 6.07) is 10.00. The maximum Gasteiger partial charge on any atom is 0.114 e. The van der Waals surface area contributed by atoms with E-state index in [2.05, 4.69) is 44.8 Å². The molecule has 0 saturated heterocycles. The Kier molecular flexibility index (Phi) is 4.42. The Morgan fingerprint density at radius 3 is 2.59 bits per heavy atom. The van der Waals surface area contributed by atoms with Gasteiger partial charge in [-0.2, -0.15) is 0 Å². The summed E-state index contributed by atoms with van der Waals surface area (Å²) in [7, 11) is 0. The van der Waals surface area contributed by atoms with Crippen LogP contribution >= 0.6 is 43.2 Å². The highest BCUT2D eigenvalue weighted by Gasteiger charge is 2.17. The van der Waals surface area contributed by atoms with Crippen LogP contribution in [-0.2, 0) is 6.42 Å². The van der Waals surface area contributed by atoms with Gasteiger partial charge in [0.1, 0.15) is 6.10 Å². The minimum absolute atomic E-state index is 0.543. The van der Waals surface area contributed by atoms with Crippen molar-refractivity contribution in [3.8, 4) is 0 Å². The summed E-state index contributed by atoms with van der Waals surface area (Å²) in [6.07, 6.45) is 0.389. The normalized spacial score (nSPS) is 12.7. The lowest BCUT2D eigenvalue weighted by Crippen LogP contribution is -2.01. The van der Waals surface area contributed by atoms with E-state index in [0.29, 0.717) is 0 Å². The Balaban J connectivity index is 2.39. The van der Waals surface area contributed by atoms with Crippen LogP contribution in [0.5, 0.6) is 0 Å². The third kappa shape index (κ3) is 2.81. The van der Waals surface area contributed by atoms with E-state index in [1.165, 1.54) is 5.56 Å². The van der Waals surface area contributed by atoms with Crippen LogP contribution in [0.4, 0.5) is 0 Å². The molecule has 1 atom stereocenters. The number of thiophene rings is 1. The smallest absolute Gasteiger partial charge is 0.114 e. The molecule has 0 saturated carbocycles. The fourth-order valence-electron chi connectivity index (χ4n) is 1.77. The maximum absolute atomic E-state index is 10.4. The molecule has 1 aromatic carbocycles. The fourth-order valence-corrected chi connectivity index (χ4v) is 3.87. The zero-order valence-electron chi connectivity index (χ0n) is 9.28. The number of hydrogen-bond acceptors (Lipinski definition) is 2. The summed E-state index contributed by atoms with van der Waals surface area (Å²) in [5, 5.41) is 10.4. The molecule has 1 unspecified atom stereocenters. The van der Waals surface area contributed by atoms with E-state index in [1.54, 1.807) is 11.3 Å². The zero-order chi connectivity index (χ0) is 12.4. The molecule has 0 aliphatic heterocycles. The molecule has 1 nitrogen and oxygen atoms in total. The summed E-state index contributed by atoms with van der Waals surface area (Å²) >= 11 is 8.45. The van der Waals surface area contributed by atoms with E-state index in [1.807, 2.05) is 24.3 Å². The standard InChI is InChI=1S/C13H12Br2OS/c1-2-8-5-3-4-6-9(8)12(16)11-7-10(14)13(15)17-11/h3-7,12,16H,2H2,1H3. The number of aryl methyl sites for hydroxylation is 1. The van der Waals surface area contributed by atoms with Crippen LogP contribution in [0.2, 0.25) is 0 Å². The predicted octanol–water partition coefficient (Wildman–Crippen LogP) is 4.92. The van der Waals surface area contributed by atoms with Gasteiger partial charge in [0.15, 0.2) is 0 Å². The number of aliphatic hydroxyl groups is 1. The van der Waals surface area contributed by atoms with Crippen molar-refractivity contribution in [1.29, 1.82) is 0 Å². The molecular formula is C13H12Br2OS. The SMILES string of the molecule is CCc1ccccc1C(O)c1cc(Br)c(Br)s1. The second-order valence-corrected chi connectivity index (χ2v) is 6.98. The molecule has 0 bridgehead atoms. The van der Waals surface area contributed by atoms with Crippen LogP contribution in [-0.4, -0.2) is 5.11 Å². The molecular weight excluding hydrogens is 364 g/mol. The maximum atomic E-state index is 10.4. The lowest BCUT2D eigenvalue weighted by atomic mass is 10.00. The molecule has 1 aromatic heterocycles. The number of halogens is 2. The van der Waals surface area contributed by atoms with Crippen molar-refractivity contribution in [2.75, 3.05) is 0 Å². The molecule has 1 N–H and O–H groups in total. The van der Waals surface area contributed by atoms with Gasteiger partial charge in [-0.3, -0.25) is 0 Å². The number of rotatable bonds is 3. The fraction of sp³-hybridized carbons (Fsp3) is 0.231. The average Bonchev–Trinajstić information content (AvgIpc) is 2.68. The van der Waals surface area contributed by atoms with Gasteiger partial charge >= 0.3 is 0 Å². The number of benzene rings is 1. The highest BCUT2D eigenvalue weighted by Crippen LogP contribution is 2.38. The molecule has 4 heteroatoms. The topological polar surface area (TPSA) is 20.2 Å². The van der Waals surface area contributed by atoms with Gasteiger partial charge in [-0.05, 0) is 55.5 Å². The molecule has 2 aromatic rings. The predicted molar refractivity (Wildman–Crippen MR) is 79.6 cm³/mol. The van der Waals surface area contributed by atoms with Gasteiger partial charge in [0.2, 0.25) is 0 Å². The van der Waals surface area contributed by atoms with Crippen LogP contribution in [0, 0.1) is 0 Å². The first kappa shape index (κ1) is 13.3. The molecule has 1 heterocycles. The van der Waals surface area contributed by atoms with E-state index >= 15 is 0 Å². The monoisotopic (exact) mass is 374 g/mol. The van der Waals surface area contributed by atoms with Gasteiger partial charge in [-0.25, -0.2) is 0 Å². The number of hydrogen-bond donors (Lipinski definition) is 1. The van der Waals surface area contributed by atoms with E-state index in [-0.39, 0.29) is 0 Å². The van der Waals surface area contributed by atoms with Crippen LogP contribution in [0.15, 0.2) is 38.6 Å². The molecule has 0 aliphatic carbocycles. The van der Waals surface area contributed by atoms with Gasteiger partial charge in [0.05, 0.1) is 3.79 Å². The Bertz CT molecular complexity index is 502. The largest absolute Gasteiger partial charge is 0.383 e. The molecule has 0 aliphatic rings. The molecule has 0 radical (unpaired) electrons. The zero-order valence-corrected chi connectivity index (χ0v) is 13.3. The summed E-state index contributed by atoms with van der Waals surface area (Å²) in [6.45, 7) is 2.10. The lowest BCUT2D eigenvalue weighted by molar-refractivity contribution is 0.223.